The fourth-order valence-electron chi connectivity index (χ4n) is 4.06. The van der Waals surface area contributed by atoms with Crippen molar-refractivity contribution >= 4 is 5.91 Å². The summed E-state index contributed by atoms with van der Waals surface area (Å²) in [5, 5.41) is 0. The first-order valence-corrected chi connectivity index (χ1v) is 8.35. The van der Waals surface area contributed by atoms with Crippen molar-refractivity contribution in [3.05, 3.63) is 0 Å². The van der Waals surface area contributed by atoms with Gasteiger partial charge in [0.25, 0.3) is 0 Å². The van der Waals surface area contributed by atoms with Crippen LogP contribution in [0.5, 0.6) is 0 Å². The third-order valence-corrected chi connectivity index (χ3v) is 5.59. The zero-order chi connectivity index (χ0) is 14.9. The monoisotopic (exact) mass is 280 g/mol. The Labute approximate surface area is 124 Å². The molecule has 1 aliphatic heterocycles. The van der Waals surface area contributed by atoms with Crippen LogP contribution in [0.2, 0.25) is 0 Å². The number of hydrogen-bond acceptors (Lipinski definition) is 2. The van der Waals surface area contributed by atoms with Gasteiger partial charge in [-0.25, -0.2) is 0 Å². The van der Waals surface area contributed by atoms with Crippen LogP contribution >= 0.6 is 0 Å². The molecule has 1 heterocycles. The van der Waals surface area contributed by atoms with Crippen LogP contribution in [0, 0.1) is 23.2 Å². The maximum Gasteiger partial charge on any atom is 0.227 e. The zero-order valence-electron chi connectivity index (χ0n) is 13.7. The van der Waals surface area contributed by atoms with Crippen molar-refractivity contribution in [1.29, 1.82) is 0 Å². The highest BCUT2D eigenvalue weighted by Gasteiger charge is 2.38. The molecule has 0 aromatic heterocycles. The molecule has 2 N–H and O–H groups in total. The van der Waals surface area contributed by atoms with Crippen molar-refractivity contribution < 1.29 is 4.79 Å². The summed E-state index contributed by atoms with van der Waals surface area (Å²) in [4.78, 5) is 14.9. The Balaban J connectivity index is 1.94. The lowest BCUT2D eigenvalue weighted by atomic mass is 9.74. The molecule has 0 aromatic carbocycles. The van der Waals surface area contributed by atoms with E-state index < -0.39 is 0 Å². The maximum atomic E-state index is 12.8. The zero-order valence-corrected chi connectivity index (χ0v) is 13.7. The van der Waals surface area contributed by atoms with Gasteiger partial charge in [-0.1, -0.05) is 34.1 Å². The first-order chi connectivity index (χ1) is 9.30. The standard InChI is InChI=1S/C17H32N2O/c1-12-6-5-7-14(18)15(12)16(20)19-10-8-13(9-11-19)17(2,3)4/h12-15H,5-11,18H2,1-4H3. The van der Waals surface area contributed by atoms with Gasteiger partial charge in [0.05, 0.1) is 5.92 Å². The molecule has 3 heteroatoms. The number of nitrogens with two attached hydrogens (primary N) is 1. The summed E-state index contributed by atoms with van der Waals surface area (Å²) in [6.45, 7) is 11.0. The van der Waals surface area contributed by atoms with E-state index in [9.17, 15) is 4.79 Å². The van der Waals surface area contributed by atoms with Crippen LogP contribution < -0.4 is 5.73 Å². The van der Waals surface area contributed by atoms with Crippen LogP contribution in [0.25, 0.3) is 0 Å². The second kappa shape index (κ2) is 6.05. The number of likely N-dealkylation sites (tertiary alicyclic amines) is 1. The maximum absolute atomic E-state index is 12.8. The molecule has 0 bridgehead atoms. The second-order valence-corrected chi connectivity index (χ2v) is 8.06. The van der Waals surface area contributed by atoms with Crippen molar-refractivity contribution in [2.75, 3.05) is 13.1 Å². The minimum absolute atomic E-state index is 0.0648. The lowest BCUT2D eigenvalue weighted by Gasteiger charge is -2.42. The molecule has 3 atom stereocenters. The van der Waals surface area contributed by atoms with E-state index in [2.05, 4.69) is 32.6 Å². The van der Waals surface area contributed by atoms with Crippen molar-refractivity contribution in [3.8, 4) is 0 Å². The molecule has 0 radical (unpaired) electrons. The predicted molar refractivity (Wildman–Crippen MR) is 83.2 cm³/mol. The van der Waals surface area contributed by atoms with Crippen LogP contribution in [0.1, 0.15) is 59.8 Å². The summed E-state index contributed by atoms with van der Waals surface area (Å²) in [5.74, 6) is 1.59. The number of nitrogens with zero attached hydrogens (tertiary/aromatic N) is 1. The molecule has 2 aliphatic rings. The fourth-order valence-corrected chi connectivity index (χ4v) is 4.06. The second-order valence-electron chi connectivity index (χ2n) is 8.06. The summed E-state index contributed by atoms with van der Waals surface area (Å²) < 4.78 is 0. The van der Waals surface area contributed by atoms with Crippen LogP contribution in [0.15, 0.2) is 0 Å². The molecule has 1 saturated heterocycles. The molecular weight excluding hydrogens is 248 g/mol. The van der Waals surface area contributed by atoms with E-state index in [4.69, 9.17) is 5.73 Å². The molecule has 0 aromatic rings. The van der Waals surface area contributed by atoms with Gasteiger partial charge in [0, 0.05) is 19.1 Å². The number of carbonyl (C=O) groups is 1. The third kappa shape index (κ3) is 3.36. The summed E-state index contributed by atoms with van der Waals surface area (Å²) in [7, 11) is 0. The van der Waals surface area contributed by atoms with E-state index in [1.165, 1.54) is 6.42 Å². The molecule has 2 fully saturated rings. The molecule has 1 saturated carbocycles. The predicted octanol–water partition coefficient (Wildman–Crippen LogP) is 3.03. The number of carbonyl (C=O) groups excluding carboxylic acids is 1. The highest BCUT2D eigenvalue weighted by atomic mass is 16.2. The molecule has 1 amide bonds. The number of amides is 1. The van der Waals surface area contributed by atoms with E-state index in [0.717, 1.165) is 44.7 Å². The van der Waals surface area contributed by atoms with E-state index in [-0.39, 0.29) is 12.0 Å². The molecule has 116 valence electrons. The molecule has 0 spiro atoms. The quantitative estimate of drug-likeness (QED) is 0.802. The first kappa shape index (κ1) is 15.8. The van der Waals surface area contributed by atoms with Crippen LogP contribution in [0.4, 0.5) is 0 Å². The fraction of sp³-hybridized carbons (Fsp3) is 0.941. The Morgan fingerprint density at radius 2 is 1.70 bits per heavy atom. The smallest absolute Gasteiger partial charge is 0.227 e. The highest BCUT2D eigenvalue weighted by Crippen LogP contribution is 2.36. The molecule has 20 heavy (non-hydrogen) atoms. The van der Waals surface area contributed by atoms with E-state index in [1.54, 1.807) is 0 Å². The van der Waals surface area contributed by atoms with Crippen LogP contribution in [-0.4, -0.2) is 29.9 Å². The minimum atomic E-state index is 0.0648. The Morgan fingerprint density at radius 3 is 2.20 bits per heavy atom. The largest absolute Gasteiger partial charge is 0.342 e. The number of piperidine rings is 1. The molecular formula is C17H32N2O. The minimum Gasteiger partial charge on any atom is -0.342 e. The van der Waals surface area contributed by atoms with Crippen molar-refractivity contribution in [2.24, 2.45) is 28.9 Å². The van der Waals surface area contributed by atoms with E-state index in [1.807, 2.05) is 0 Å². The van der Waals surface area contributed by atoms with E-state index in [0.29, 0.717) is 17.2 Å². The van der Waals surface area contributed by atoms with Gasteiger partial charge in [0.2, 0.25) is 5.91 Å². The lowest BCUT2D eigenvalue weighted by molar-refractivity contribution is -0.141. The van der Waals surface area contributed by atoms with Crippen molar-refractivity contribution in [2.45, 2.75) is 65.8 Å². The van der Waals surface area contributed by atoms with Gasteiger partial charge in [-0.3, -0.25) is 4.79 Å². The average Bonchev–Trinajstić information content (AvgIpc) is 2.37. The third-order valence-electron chi connectivity index (χ3n) is 5.59. The molecule has 3 nitrogen and oxygen atoms in total. The van der Waals surface area contributed by atoms with Crippen molar-refractivity contribution in [1.82, 2.24) is 4.90 Å². The Morgan fingerprint density at radius 1 is 1.10 bits per heavy atom. The van der Waals surface area contributed by atoms with Gasteiger partial charge in [-0.15, -0.1) is 0 Å². The highest BCUT2D eigenvalue weighted by molar-refractivity contribution is 5.80. The van der Waals surface area contributed by atoms with Crippen LogP contribution in [0.3, 0.4) is 0 Å². The van der Waals surface area contributed by atoms with Gasteiger partial charge in [0.1, 0.15) is 0 Å². The first-order valence-electron chi connectivity index (χ1n) is 8.35. The average molecular weight is 280 g/mol. The lowest BCUT2D eigenvalue weighted by Crippen LogP contribution is -2.51. The normalized spacial score (nSPS) is 33.2. The van der Waals surface area contributed by atoms with Crippen molar-refractivity contribution in [3.63, 3.8) is 0 Å². The molecule has 1 aliphatic carbocycles. The molecule has 3 unspecified atom stereocenters. The summed E-state index contributed by atoms with van der Waals surface area (Å²) in [5.41, 5.74) is 6.59. The van der Waals surface area contributed by atoms with Gasteiger partial charge >= 0.3 is 0 Å². The number of hydrogen-bond donors (Lipinski definition) is 1. The Bertz CT molecular complexity index is 329. The molecule has 2 rings (SSSR count). The topological polar surface area (TPSA) is 46.3 Å². The Hall–Kier alpha value is -0.570. The van der Waals surface area contributed by atoms with Gasteiger partial charge in [0.15, 0.2) is 0 Å². The Kier molecular flexibility index (Phi) is 4.78. The van der Waals surface area contributed by atoms with E-state index >= 15 is 0 Å². The summed E-state index contributed by atoms with van der Waals surface area (Å²) in [6, 6.07) is 0.0755. The van der Waals surface area contributed by atoms with Gasteiger partial charge < -0.3 is 10.6 Å². The number of rotatable bonds is 1. The van der Waals surface area contributed by atoms with Gasteiger partial charge in [-0.2, -0.15) is 0 Å². The summed E-state index contributed by atoms with van der Waals surface area (Å²) in [6.07, 6.45) is 5.64. The SMILES string of the molecule is CC1CCCC(N)C1C(=O)N1CCC(C(C)(C)C)CC1. The van der Waals surface area contributed by atoms with Gasteiger partial charge in [-0.05, 0) is 42.9 Å². The van der Waals surface area contributed by atoms with Crippen LogP contribution in [-0.2, 0) is 4.79 Å². The summed E-state index contributed by atoms with van der Waals surface area (Å²) >= 11 is 0.